The van der Waals surface area contributed by atoms with Crippen molar-refractivity contribution in [3.63, 3.8) is 0 Å². The van der Waals surface area contributed by atoms with Crippen molar-refractivity contribution in [3.8, 4) is 6.07 Å². The Hall–Kier alpha value is -0.630. The molecule has 118 valence electrons. The summed E-state index contributed by atoms with van der Waals surface area (Å²) in [6, 6.07) is 3.41. The molecule has 21 heavy (non-hydrogen) atoms. The first-order valence-corrected chi connectivity index (χ1v) is 8.90. The zero-order valence-electron chi connectivity index (χ0n) is 13.5. The molecule has 3 rings (SSSR count). The van der Waals surface area contributed by atoms with Crippen LogP contribution in [0.2, 0.25) is 0 Å². The summed E-state index contributed by atoms with van der Waals surface area (Å²) in [7, 11) is 0. The van der Waals surface area contributed by atoms with Crippen molar-refractivity contribution in [2.24, 2.45) is 5.92 Å². The van der Waals surface area contributed by atoms with Gasteiger partial charge in [-0.1, -0.05) is 13.3 Å². The van der Waals surface area contributed by atoms with Crippen LogP contribution in [0.1, 0.15) is 45.4 Å². The molecule has 3 fully saturated rings. The quantitative estimate of drug-likeness (QED) is 0.810. The first-order chi connectivity index (χ1) is 10.3. The average molecular weight is 290 g/mol. The number of fused-ring (bicyclic) bond motifs is 1. The zero-order valence-corrected chi connectivity index (χ0v) is 13.5. The van der Waals surface area contributed by atoms with Crippen LogP contribution in [0.4, 0.5) is 0 Å². The summed E-state index contributed by atoms with van der Waals surface area (Å²) in [6.45, 7) is 8.88. The molecule has 1 saturated carbocycles. The monoisotopic (exact) mass is 290 g/mol. The number of rotatable bonds is 6. The molecule has 2 atom stereocenters. The second-order valence-electron chi connectivity index (χ2n) is 7.20. The summed E-state index contributed by atoms with van der Waals surface area (Å²) >= 11 is 0. The van der Waals surface area contributed by atoms with Crippen molar-refractivity contribution in [1.82, 2.24) is 15.1 Å². The lowest BCUT2D eigenvalue weighted by Gasteiger charge is -2.46. The van der Waals surface area contributed by atoms with Crippen LogP contribution >= 0.6 is 0 Å². The summed E-state index contributed by atoms with van der Waals surface area (Å²) in [5.41, 5.74) is -0.285. The molecule has 2 aliphatic heterocycles. The van der Waals surface area contributed by atoms with Gasteiger partial charge >= 0.3 is 0 Å². The van der Waals surface area contributed by atoms with Crippen LogP contribution in [0.25, 0.3) is 0 Å². The molecular formula is C17H30N4. The molecule has 0 radical (unpaired) electrons. The molecule has 1 N–H and O–H groups in total. The predicted octanol–water partition coefficient (Wildman–Crippen LogP) is 1.83. The van der Waals surface area contributed by atoms with E-state index in [0.717, 1.165) is 32.1 Å². The lowest BCUT2D eigenvalue weighted by Crippen LogP contribution is -2.61. The van der Waals surface area contributed by atoms with Crippen molar-refractivity contribution < 1.29 is 0 Å². The van der Waals surface area contributed by atoms with Crippen LogP contribution in [-0.4, -0.2) is 60.6 Å². The first kappa shape index (κ1) is 15.3. The highest BCUT2D eigenvalue weighted by Crippen LogP contribution is 2.40. The molecule has 1 aliphatic carbocycles. The van der Waals surface area contributed by atoms with Crippen molar-refractivity contribution in [1.29, 1.82) is 5.26 Å². The smallest absolute Gasteiger partial charge is 0.122 e. The summed E-state index contributed by atoms with van der Waals surface area (Å²) in [6.07, 6.45) is 7.67. The van der Waals surface area contributed by atoms with Gasteiger partial charge in [0.2, 0.25) is 0 Å². The third-order valence-electron chi connectivity index (χ3n) is 5.56. The van der Waals surface area contributed by atoms with Gasteiger partial charge < -0.3 is 0 Å². The summed E-state index contributed by atoms with van der Waals surface area (Å²) in [5, 5.41) is 13.4. The Labute approximate surface area is 129 Å². The largest absolute Gasteiger partial charge is 0.298 e. The SMILES string of the molecule is CCCNC(C#N)(CN1CCN2CCCCC2C1)C1CC1. The van der Waals surface area contributed by atoms with Gasteiger partial charge in [0.25, 0.3) is 0 Å². The number of nitrogens with zero attached hydrogens (tertiary/aromatic N) is 3. The van der Waals surface area contributed by atoms with Crippen molar-refractivity contribution >= 4 is 0 Å². The molecule has 2 unspecified atom stereocenters. The highest BCUT2D eigenvalue weighted by molar-refractivity contribution is 5.17. The van der Waals surface area contributed by atoms with Gasteiger partial charge in [-0.2, -0.15) is 5.26 Å². The van der Waals surface area contributed by atoms with Crippen molar-refractivity contribution in [3.05, 3.63) is 0 Å². The molecule has 2 saturated heterocycles. The predicted molar refractivity (Wildman–Crippen MR) is 85.0 cm³/mol. The van der Waals surface area contributed by atoms with Crippen LogP contribution < -0.4 is 5.32 Å². The maximum Gasteiger partial charge on any atom is 0.122 e. The molecule has 0 bridgehead atoms. The molecular weight excluding hydrogens is 260 g/mol. The summed E-state index contributed by atoms with van der Waals surface area (Å²) in [5.74, 6) is 0.582. The Morgan fingerprint density at radius 2 is 2.05 bits per heavy atom. The molecule has 3 aliphatic rings. The number of hydrogen-bond acceptors (Lipinski definition) is 4. The van der Waals surface area contributed by atoms with Gasteiger partial charge in [0.1, 0.15) is 5.54 Å². The van der Waals surface area contributed by atoms with E-state index in [1.54, 1.807) is 0 Å². The van der Waals surface area contributed by atoms with E-state index in [9.17, 15) is 5.26 Å². The maximum absolute atomic E-state index is 9.83. The van der Waals surface area contributed by atoms with E-state index < -0.39 is 0 Å². The van der Waals surface area contributed by atoms with Crippen LogP contribution in [0.3, 0.4) is 0 Å². The van der Waals surface area contributed by atoms with E-state index >= 15 is 0 Å². The highest BCUT2D eigenvalue weighted by atomic mass is 15.3. The fraction of sp³-hybridized carbons (Fsp3) is 0.941. The third kappa shape index (κ3) is 3.41. The van der Waals surface area contributed by atoms with Crippen LogP contribution in [-0.2, 0) is 0 Å². The van der Waals surface area contributed by atoms with Gasteiger partial charge in [-0.3, -0.25) is 15.1 Å². The summed E-state index contributed by atoms with van der Waals surface area (Å²) in [4.78, 5) is 5.24. The number of hydrogen-bond donors (Lipinski definition) is 1. The molecule has 0 amide bonds. The molecule has 4 nitrogen and oxygen atoms in total. The van der Waals surface area contributed by atoms with E-state index in [-0.39, 0.29) is 5.54 Å². The van der Waals surface area contributed by atoms with E-state index in [1.807, 2.05) is 0 Å². The van der Waals surface area contributed by atoms with Gasteiger partial charge in [-0.25, -0.2) is 0 Å². The van der Waals surface area contributed by atoms with E-state index in [2.05, 4.69) is 28.1 Å². The standard InChI is InChI=1S/C17H30N4/c1-2-8-19-17(13-18,15-6-7-15)14-20-10-11-21-9-4-3-5-16(21)12-20/h15-16,19H,2-12,14H2,1H3. The Bertz CT molecular complexity index is 387. The normalized spacial score (nSPS) is 30.4. The minimum Gasteiger partial charge on any atom is -0.298 e. The lowest BCUT2D eigenvalue weighted by atomic mass is 9.92. The molecule has 2 heterocycles. The van der Waals surface area contributed by atoms with E-state index in [0.29, 0.717) is 5.92 Å². The molecule has 0 aromatic heterocycles. The lowest BCUT2D eigenvalue weighted by molar-refractivity contribution is 0.0374. The Kier molecular flexibility index (Phi) is 4.83. The fourth-order valence-electron chi connectivity index (χ4n) is 4.14. The van der Waals surface area contributed by atoms with Gasteiger partial charge in [0.05, 0.1) is 6.07 Å². The zero-order chi connectivity index (χ0) is 14.7. The van der Waals surface area contributed by atoms with Gasteiger partial charge in [-0.15, -0.1) is 0 Å². The van der Waals surface area contributed by atoms with Gasteiger partial charge in [0.15, 0.2) is 0 Å². The van der Waals surface area contributed by atoms with E-state index in [4.69, 9.17) is 0 Å². The van der Waals surface area contributed by atoms with Crippen molar-refractivity contribution in [2.45, 2.75) is 57.0 Å². The number of piperazine rings is 1. The Morgan fingerprint density at radius 3 is 2.76 bits per heavy atom. The van der Waals surface area contributed by atoms with Crippen LogP contribution in [0.15, 0.2) is 0 Å². The van der Waals surface area contributed by atoms with E-state index in [1.165, 1.54) is 51.7 Å². The number of nitriles is 1. The second kappa shape index (κ2) is 6.64. The summed E-state index contributed by atoms with van der Waals surface area (Å²) < 4.78 is 0. The topological polar surface area (TPSA) is 42.3 Å². The molecule has 0 aromatic rings. The fourth-order valence-corrected chi connectivity index (χ4v) is 4.14. The second-order valence-corrected chi connectivity index (χ2v) is 7.20. The highest BCUT2D eigenvalue weighted by Gasteiger charge is 2.47. The van der Waals surface area contributed by atoms with Gasteiger partial charge in [-0.05, 0) is 51.1 Å². The number of nitrogens with one attached hydrogen (secondary N) is 1. The molecule has 0 spiro atoms. The Balaban J connectivity index is 1.61. The van der Waals surface area contributed by atoms with Crippen LogP contribution in [0, 0.1) is 17.2 Å². The minimum absolute atomic E-state index is 0.285. The number of piperidine rings is 1. The minimum atomic E-state index is -0.285. The Morgan fingerprint density at radius 1 is 1.19 bits per heavy atom. The molecule has 4 heteroatoms. The third-order valence-corrected chi connectivity index (χ3v) is 5.56. The van der Waals surface area contributed by atoms with Gasteiger partial charge in [0, 0.05) is 32.2 Å². The molecule has 0 aromatic carbocycles. The first-order valence-electron chi connectivity index (χ1n) is 8.90. The van der Waals surface area contributed by atoms with Crippen LogP contribution in [0.5, 0.6) is 0 Å². The van der Waals surface area contributed by atoms with Crippen molar-refractivity contribution in [2.75, 3.05) is 39.3 Å². The maximum atomic E-state index is 9.83. The average Bonchev–Trinajstić information content (AvgIpc) is 3.36.